The fraction of sp³-hybridized carbons (Fsp3) is 0.167. The second kappa shape index (κ2) is 6.99. The third kappa shape index (κ3) is 3.74. The number of rotatable bonds is 4. The molecule has 0 fully saturated rings. The van der Waals surface area contributed by atoms with Crippen LogP contribution in [0.2, 0.25) is 0 Å². The monoisotopic (exact) mass is 359 g/mol. The molecule has 1 aromatic carbocycles. The highest BCUT2D eigenvalue weighted by Gasteiger charge is 2.34. The van der Waals surface area contributed by atoms with E-state index in [2.05, 4.69) is 20.3 Å². The smallest absolute Gasteiger partial charge is 0.383 e. The molecule has 1 unspecified atom stereocenters. The van der Waals surface area contributed by atoms with Gasteiger partial charge < -0.3 is 11.1 Å². The lowest BCUT2D eigenvalue weighted by Gasteiger charge is -2.20. The van der Waals surface area contributed by atoms with Crippen molar-refractivity contribution in [3.63, 3.8) is 0 Å². The number of alkyl halides is 3. The largest absolute Gasteiger partial charge is 0.416 e. The van der Waals surface area contributed by atoms with Crippen molar-refractivity contribution < 1.29 is 13.2 Å². The Balaban J connectivity index is 1.89. The van der Waals surface area contributed by atoms with E-state index in [1.165, 1.54) is 18.3 Å². The van der Waals surface area contributed by atoms with Gasteiger partial charge in [-0.3, -0.25) is 0 Å². The third-order valence-electron chi connectivity index (χ3n) is 3.83. The zero-order chi connectivity index (χ0) is 18.7. The molecule has 3 aromatic rings. The highest BCUT2D eigenvalue weighted by molar-refractivity contribution is 5.68. The number of aromatic nitrogens is 3. The lowest BCUT2D eigenvalue weighted by Crippen LogP contribution is -2.15. The van der Waals surface area contributed by atoms with E-state index in [0.717, 1.165) is 6.07 Å². The Labute approximate surface area is 148 Å². The number of pyridine rings is 1. The normalized spacial score (nSPS) is 12.6. The van der Waals surface area contributed by atoms with Gasteiger partial charge in [0.05, 0.1) is 17.2 Å². The van der Waals surface area contributed by atoms with Crippen LogP contribution in [0.3, 0.4) is 0 Å². The fourth-order valence-electron chi connectivity index (χ4n) is 2.61. The zero-order valence-corrected chi connectivity index (χ0v) is 13.8. The molecule has 8 heteroatoms. The van der Waals surface area contributed by atoms with Crippen LogP contribution in [0.25, 0.3) is 11.4 Å². The molecule has 0 saturated carbocycles. The van der Waals surface area contributed by atoms with E-state index < -0.39 is 17.8 Å². The molecule has 134 valence electrons. The zero-order valence-electron chi connectivity index (χ0n) is 13.8. The minimum Gasteiger partial charge on any atom is -0.383 e. The molecule has 3 N–H and O–H groups in total. The summed E-state index contributed by atoms with van der Waals surface area (Å²) < 4.78 is 39.6. The van der Waals surface area contributed by atoms with Gasteiger partial charge >= 0.3 is 6.18 Å². The highest BCUT2D eigenvalue weighted by atomic mass is 19.4. The van der Waals surface area contributed by atoms with Crippen LogP contribution in [-0.4, -0.2) is 15.0 Å². The van der Waals surface area contributed by atoms with Crippen molar-refractivity contribution in [2.24, 2.45) is 0 Å². The Morgan fingerprint density at radius 2 is 1.77 bits per heavy atom. The van der Waals surface area contributed by atoms with Gasteiger partial charge in [-0.05, 0) is 36.8 Å². The summed E-state index contributed by atoms with van der Waals surface area (Å²) in [6.07, 6.45) is -1.36. The van der Waals surface area contributed by atoms with Crippen LogP contribution in [0.15, 0.2) is 54.9 Å². The molecule has 26 heavy (non-hydrogen) atoms. The summed E-state index contributed by atoms with van der Waals surface area (Å²) in [5.74, 6) is 1.01. The first kappa shape index (κ1) is 17.7. The number of halogens is 3. The summed E-state index contributed by atoms with van der Waals surface area (Å²) in [5.41, 5.74) is 5.85. The van der Waals surface area contributed by atoms with Crippen LogP contribution < -0.4 is 11.1 Å². The van der Waals surface area contributed by atoms with Gasteiger partial charge in [0.15, 0.2) is 5.82 Å². The van der Waals surface area contributed by atoms with Gasteiger partial charge in [-0.1, -0.05) is 18.2 Å². The molecule has 0 bridgehead atoms. The Morgan fingerprint density at radius 1 is 1.00 bits per heavy atom. The molecule has 0 amide bonds. The number of nitrogens with zero attached hydrogens (tertiary/aromatic N) is 3. The summed E-state index contributed by atoms with van der Waals surface area (Å²) in [4.78, 5) is 12.5. The number of nitrogens with two attached hydrogens (primary N) is 1. The first-order valence-electron chi connectivity index (χ1n) is 7.83. The molecule has 0 spiro atoms. The predicted octanol–water partition coefficient (Wildman–Crippen LogP) is 4.31. The molecule has 0 aliphatic heterocycles. The molecule has 0 saturated heterocycles. The number of nitrogens with one attached hydrogen (secondary N) is 1. The van der Waals surface area contributed by atoms with Crippen LogP contribution in [0.1, 0.15) is 24.1 Å². The lowest BCUT2D eigenvalue weighted by atomic mass is 10.0. The molecule has 3 rings (SSSR count). The molecule has 2 heterocycles. The quantitative estimate of drug-likeness (QED) is 0.726. The molecule has 2 aromatic heterocycles. The fourth-order valence-corrected chi connectivity index (χ4v) is 2.61. The van der Waals surface area contributed by atoms with Crippen molar-refractivity contribution in [2.75, 3.05) is 11.1 Å². The average Bonchev–Trinajstić information content (AvgIpc) is 2.61. The summed E-state index contributed by atoms with van der Waals surface area (Å²) in [7, 11) is 0. The Morgan fingerprint density at radius 3 is 2.50 bits per heavy atom. The van der Waals surface area contributed by atoms with Crippen LogP contribution in [0, 0.1) is 0 Å². The molecule has 1 atom stereocenters. The summed E-state index contributed by atoms with van der Waals surface area (Å²) >= 11 is 0. The molecule has 0 aliphatic carbocycles. The van der Waals surface area contributed by atoms with E-state index >= 15 is 0 Å². The molecule has 5 nitrogen and oxygen atoms in total. The SMILES string of the molecule is CC(Nc1ccnc(-c2cccnc2N)n1)c1ccccc1C(F)(F)F. The van der Waals surface area contributed by atoms with E-state index in [9.17, 15) is 13.2 Å². The van der Waals surface area contributed by atoms with Crippen LogP contribution in [-0.2, 0) is 6.18 Å². The summed E-state index contributed by atoms with van der Waals surface area (Å²) in [6, 6.07) is 9.86. The van der Waals surface area contributed by atoms with Crippen LogP contribution in [0.5, 0.6) is 0 Å². The van der Waals surface area contributed by atoms with Gasteiger partial charge in [0.1, 0.15) is 11.6 Å². The van der Waals surface area contributed by atoms with Gasteiger partial charge in [0.2, 0.25) is 0 Å². The Bertz CT molecular complexity index is 911. The van der Waals surface area contributed by atoms with E-state index in [1.807, 2.05) is 0 Å². The number of hydrogen-bond acceptors (Lipinski definition) is 5. The first-order valence-corrected chi connectivity index (χ1v) is 7.83. The van der Waals surface area contributed by atoms with E-state index in [0.29, 0.717) is 17.2 Å². The van der Waals surface area contributed by atoms with Crippen molar-refractivity contribution in [1.82, 2.24) is 15.0 Å². The maximum absolute atomic E-state index is 13.2. The van der Waals surface area contributed by atoms with Crippen LogP contribution >= 0.6 is 0 Å². The second-order valence-corrected chi connectivity index (χ2v) is 5.65. The number of hydrogen-bond donors (Lipinski definition) is 2. The molecule has 0 aliphatic rings. The molecular formula is C18H16F3N5. The van der Waals surface area contributed by atoms with Crippen molar-refractivity contribution >= 4 is 11.6 Å². The van der Waals surface area contributed by atoms with Crippen molar-refractivity contribution in [3.8, 4) is 11.4 Å². The maximum atomic E-state index is 13.2. The number of benzene rings is 1. The van der Waals surface area contributed by atoms with Crippen molar-refractivity contribution in [1.29, 1.82) is 0 Å². The first-order chi connectivity index (χ1) is 12.4. The minimum atomic E-state index is -4.42. The van der Waals surface area contributed by atoms with Gasteiger partial charge in [-0.2, -0.15) is 13.2 Å². The van der Waals surface area contributed by atoms with Crippen LogP contribution in [0.4, 0.5) is 24.8 Å². The Hall–Kier alpha value is -3.16. The predicted molar refractivity (Wildman–Crippen MR) is 93.2 cm³/mol. The Kier molecular flexibility index (Phi) is 4.75. The van der Waals surface area contributed by atoms with E-state index in [4.69, 9.17) is 5.73 Å². The molecular weight excluding hydrogens is 343 g/mol. The van der Waals surface area contributed by atoms with E-state index in [-0.39, 0.29) is 11.4 Å². The molecule has 0 radical (unpaired) electrons. The average molecular weight is 359 g/mol. The summed E-state index contributed by atoms with van der Waals surface area (Å²) in [6.45, 7) is 1.64. The number of nitrogen functional groups attached to an aromatic ring is 1. The van der Waals surface area contributed by atoms with Crippen molar-refractivity contribution in [2.45, 2.75) is 19.1 Å². The highest BCUT2D eigenvalue weighted by Crippen LogP contribution is 2.35. The topological polar surface area (TPSA) is 76.7 Å². The van der Waals surface area contributed by atoms with Gasteiger partial charge in [-0.15, -0.1) is 0 Å². The van der Waals surface area contributed by atoms with Gasteiger partial charge in [0, 0.05) is 12.4 Å². The standard InChI is InChI=1S/C18H16F3N5/c1-11(12-5-2-3-7-14(12)18(19,20)21)25-15-8-10-24-17(26-15)13-6-4-9-23-16(13)22/h2-11H,1H3,(H2,22,23)(H,24,25,26). The second-order valence-electron chi connectivity index (χ2n) is 5.65. The van der Waals surface area contributed by atoms with Gasteiger partial charge in [0.25, 0.3) is 0 Å². The van der Waals surface area contributed by atoms with Crippen molar-refractivity contribution in [3.05, 3.63) is 66.0 Å². The van der Waals surface area contributed by atoms with E-state index in [1.54, 1.807) is 37.4 Å². The summed E-state index contributed by atoms with van der Waals surface area (Å²) in [5, 5.41) is 2.99. The minimum absolute atomic E-state index is 0.140. The van der Waals surface area contributed by atoms with Gasteiger partial charge in [-0.25, -0.2) is 15.0 Å². The lowest BCUT2D eigenvalue weighted by molar-refractivity contribution is -0.138. The number of anilines is 2. The maximum Gasteiger partial charge on any atom is 0.416 e. The third-order valence-corrected chi connectivity index (χ3v) is 3.83.